The summed E-state index contributed by atoms with van der Waals surface area (Å²) in [6, 6.07) is 28.8. The van der Waals surface area contributed by atoms with E-state index in [1.807, 2.05) is 43.3 Å². The van der Waals surface area contributed by atoms with Gasteiger partial charge in [0, 0.05) is 19.6 Å². The Morgan fingerprint density at radius 2 is 1.43 bits per heavy atom. The average molecular weight is 376 g/mol. The van der Waals surface area contributed by atoms with E-state index in [0.29, 0.717) is 13.2 Å². The molecule has 0 radical (unpaired) electrons. The largest absolute Gasteiger partial charge is 0.491 e. The van der Waals surface area contributed by atoms with Gasteiger partial charge in [0.15, 0.2) is 0 Å². The maximum atomic E-state index is 10.5. The Morgan fingerprint density at radius 1 is 0.821 bits per heavy atom. The van der Waals surface area contributed by atoms with Crippen LogP contribution in [0, 0.1) is 6.92 Å². The Labute approximate surface area is 168 Å². The van der Waals surface area contributed by atoms with E-state index in [9.17, 15) is 5.11 Å². The van der Waals surface area contributed by atoms with Crippen molar-refractivity contribution in [3.8, 4) is 5.75 Å². The highest BCUT2D eigenvalue weighted by molar-refractivity contribution is 5.26. The molecular formula is C25H29NO2. The fraction of sp³-hybridized carbons (Fsp3) is 0.280. The van der Waals surface area contributed by atoms with Gasteiger partial charge in [0.2, 0.25) is 0 Å². The molecule has 1 N–H and O–H groups in total. The van der Waals surface area contributed by atoms with Crippen LogP contribution in [-0.4, -0.2) is 35.8 Å². The lowest BCUT2D eigenvalue weighted by atomic mass is 10.1. The van der Waals surface area contributed by atoms with Crippen molar-refractivity contribution in [1.29, 1.82) is 0 Å². The van der Waals surface area contributed by atoms with Gasteiger partial charge in [-0.2, -0.15) is 0 Å². The minimum atomic E-state index is -0.541. The summed E-state index contributed by atoms with van der Waals surface area (Å²) < 4.78 is 5.76. The van der Waals surface area contributed by atoms with Crippen molar-refractivity contribution in [3.63, 3.8) is 0 Å². The first-order valence-corrected chi connectivity index (χ1v) is 9.87. The third-order valence-electron chi connectivity index (χ3n) is 4.74. The second-order valence-corrected chi connectivity index (χ2v) is 7.23. The van der Waals surface area contributed by atoms with E-state index >= 15 is 0 Å². The fourth-order valence-corrected chi connectivity index (χ4v) is 3.19. The van der Waals surface area contributed by atoms with E-state index < -0.39 is 6.10 Å². The van der Waals surface area contributed by atoms with Gasteiger partial charge in [0.05, 0.1) is 0 Å². The van der Waals surface area contributed by atoms with Crippen LogP contribution in [0.15, 0.2) is 84.9 Å². The van der Waals surface area contributed by atoms with Gasteiger partial charge in [-0.3, -0.25) is 4.90 Å². The van der Waals surface area contributed by atoms with Gasteiger partial charge in [0.1, 0.15) is 18.5 Å². The number of hydrogen-bond acceptors (Lipinski definition) is 3. The SMILES string of the molecule is Cc1ccc(OC[C@@H](O)CN(CCc2ccccc2)Cc2ccccc2)cc1. The minimum absolute atomic E-state index is 0.291. The zero-order valence-corrected chi connectivity index (χ0v) is 16.5. The maximum absolute atomic E-state index is 10.5. The predicted octanol–water partition coefficient (Wildman–Crippen LogP) is 4.48. The monoisotopic (exact) mass is 375 g/mol. The number of nitrogens with zero attached hydrogens (tertiary/aromatic N) is 1. The number of rotatable bonds is 10. The summed E-state index contributed by atoms with van der Waals surface area (Å²) in [6.07, 6.45) is 0.417. The van der Waals surface area contributed by atoms with E-state index in [1.165, 1.54) is 16.7 Å². The summed E-state index contributed by atoms with van der Waals surface area (Å²) in [5.41, 5.74) is 3.76. The highest BCUT2D eigenvalue weighted by Crippen LogP contribution is 2.13. The van der Waals surface area contributed by atoms with E-state index in [0.717, 1.165) is 25.3 Å². The van der Waals surface area contributed by atoms with Crippen molar-refractivity contribution >= 4 is 0 Å². The van der Waals surface area contributed by atoms with Crippen LogP contribution < -0.4 is 4.74 Å². The van der Waals surface area contributed by atoms with Crippen LogP contribution in [0.4, 0.5) is 0 Å². The number of benzene rings is 3. The van der Waals surface area contributed by atoms with Crippen LogP contribution >= 0.6 is 0 Å². The molecule has 0 aromatic heterocycles. The van der Waals surface area contributed by atoms with Crippen LogP contribution in [-0.2, 0) is 13.0 Å². The van der Waals surface area contributed by atoms with Gasteiger partial charge in [0.25, 0.3) is 0 Å². The zero-order chi connectivity index (χ0) is 19.6. The molecule has 0 spiro atoms. The lowest BCUT2D eigenvalue weighted by Crippen LogP contribution is -2.36. The molecule has 0 saturated heterocycles. The molecule has 0 unspecified atom stereocenters. The standard InChI is InChI=1S/C25H29NO2/c1-21-12-14-25(15-13-21)28-20-24(27)19-26(18-23-10-6-3-7-11-23)17-16-22-8-4-2-5-9-22/h2-15,24,27H,16-20H2,1H3/t24-/m0/s1. The summed E-state index contributed by atoms with van der Waals surface area (Å²) in [5.74, 6) is 0.795. The normalized spacial score (nSPS) is 12.1. The van der Waals surface area contributed by atoms with Gasteiger partial charge in [-0.05, 0) is 36.6 Å². The first-order valence-electron chi connectivity index (χ1n) is 9.87. The van der Waals surface area contributed by atoms with Crippen LogP contribution in [0.1, 0.15) is 16.7 Å². The predicted molar refractivity (Wildman–Crippen MR) is 115 cm³/mol. The highest BCUT2D eigenvalue weighted by Gasteiger charge is 2.13. The Morgan fingerprint density at radius 3 is 2.07 bits per heavy atom. The van der Waals surface area contributed by atoms with Crippen molar-refractivity contribution in [1.82, 2.24) is 4.90 Å². The lowest BCUT2D eigenvalue weighted by molar-refractivity contribution is 0.0659. The molecule has 146 valence electrons. The third kappa shape index (κ3) is 6.84. The summed E-state index contributed by atoms with van der Waals surface area (Å²) in [7, 11) is 0. The number of hydrogen-bond donors (Lipinski definition) is 1. The van der Waals surface area contributed by atoms with Crippen molar-refractivity contribution in [2.75, 3.05) is 19.7 Å². The quantitative estimate of drug-likeness (QED) is 0.567. The summed E-state index contributed by atoms with van der Waals surface area (Å²) in [4.78, 5) is 2.30. The molecule has 3 rings (SSSR count). The second-order valence-electron chi connectivity index (χ2n) is 7.23. The average Bonchev–Trinajstić information content (AvgIpc) is 2.73. The topological polar surface area (TPSA) is 32.7 Å². The van der Waals surface area contributed by atoms with E-state index in [4.69, 9.17) is 4.74 Å². The van der Waals surface area contributed by atoms with Crippen molar-refractivity contribution in [2.45, 2.75) is 26.0 Å². The molecule has 28 heavy (non-hydrogen) atoms. The molecule has 0 aliphatic rings. The molecule has 0 saturated carbocycles. The number of aryl methyl sites for hydroxylation is 1. The van der Waals surface area contributed by atoms with Gasteiger partial charge >= 0.3 is 0 Å². The smallest absolute Gasteiger partial charge is 0.119 e. The first-order chi connectivity index (χ1) is 13.7. The van der Waals surface area contributed by atoms with Crippen LogP contribution in [0.5, 0.6) is 5.75 Å². The van der Waals surface area contributed by atoms with E-state index in [1.54, 1.807) is 0 Å². The lowest BCUT2D eigenvalue weighted by Gasteiger charge is -2.25. The van der Waals surface area contributed by atoms with Gasteiger partial charge in [-0.1, -0.05) is 78.4 Å². The highest BCUT2D eigenvalue weighted by atomic mass is 16.5. The molecule has 0 aliphatic heterocycles. The molecule has 0 bridgehead atoms. The van der Waals surface area contributed by atoms with Gasteiger partial charge in [-0.25, -0.2) is 0 Å². The van der Waals surface area contributed by atoms with E-state index in [-0.39, 0.29) is 0 Å². The molecule has 3 aromatic rings. The van der Waals surface area contributed by atoms with Crippen LogP contribution in [0.25, 0.3) is 0 Å². The first kappa shape index (κ1) is 20.1. The Balaban J connectivity index is 1.56. The summed E-state index contributed by atoms with van der Waals surface area (Å²) in [6.45, 7) is 4.62. The van der Waals surface area contributed by atoms with Crippen molar-refractivity contribution in [2.24, 2.45) is 0 Å². The van der Waals surface area contributed by atoms with Crippen molar-refractivity contribution in [3.05, 3.63) is 102 Å². The fourth-order valence-electron chi connectivity index (χ4n) is 3.19. The molecule has 0 fully saturated rings. The number of aliphatic hydroxyl groups excluding tert-OH is 1. The van der Waals surface area contributed by atoms with Gasteiger partial charge < -0.3 is 9.84 Å². The molecule has 0 amide bonds. The number of ether oxygens (including phenoxy) is 1. The Hall–Kier alpha value is -2.62. The maximum Gasteiger partial charge on any atom is 0.119 e. The third-order valence-corrected chi connectivity index (χ3v) is 4.74. The van der Waals surface area contributed by atoms with Crippen molar-refractivity contribution < 1.29 is 9.84 Å². The van der Waals surface area contributed by atoms with Crippen LogP contribution in [0.2, 0.25) is 0 Å². The molecule has 3 nitrogen and oxygen atoms in total. The molecule has 0 heterocycles. The zero-order valence-electron chi connectivity index (χ0n) is 16.5. The van der Waals surface area contributed by atoms with Crippen LogP contribution in [0.3, 0.4) is 0 Å². The van der Waals surface area contributed by atoms with Gasteiger partial charge in [-0.15, -0.1) is 0 Å². The molecule has 0 aliphatic carbocycles. The summed E-state index contributed by atoms with van der Waals surface area (Å²) >= 11 is 0. The molecule has 3 heteroatoms. The minimum Gasteiger partial charge on any atom is -0.491 e. The molecule has 3 aromatic carbocycles. The second kappa shape index (κ2) is 10.6. The Kier molecular flexibility index (Phi) is 7.65. The molecular weight excluding hydrogens is 346 g/mol. The summed E-state index contributed by atoms with van der Waals surface area (Å²) in [5, 5.41) is 10.5. The van der Waals surface area contributed by atoms with E-state index in [2.05, 4.69) is 53.4 Å². The number of aliphatic hydroxyl groups is 1. The molecule has 1 atom stereocenters. The Bertz CT molecular complexity index is 803.